The van der Waals surface area contributed by atoms with Gasteiger partial charge in [0.15, 0.2) is 0 Å². The van der Waals surface area contributed by atoms with Crippen molar-refractivity contribution in [1.29, 1.82) is 0 Å². The van der Waals surface area contributed by atoms with Gasteiger partial charge < -0.3 is 0 Å². The quantitative estimate of drug-likeness (QED) is 0.322. The van der Waals surface area contributed by atoms with Crippen molar-refractivity contribution < 1.29 is 65.3 Å². The van der Waals surface area contributed by atoms with Gasteiger partial charge in [0.1, 0.15) is 0 Å². The average Bonchev–Trinajstić information content (AvgIpc) is 2.05. The summed E-state index contributed by atoms with van der Waals surface area (Å²) in [5, 5.41) is 0. The molecule has 0 aliphatic carbocycles. The van der Waals surface area contributed by atoms with Gasteiger partial charge in [-0.25, -0.2) is 0 Å². The van der Waals surface area contributed by atoms with Gasteiger partial charge in [-0.15, -0.1) is 0 Å². The number of hydrogen-bond acceptors (Lipinski definition) is 3. The molecule has 0 aromatic heterocycles. The Hall–Kier alpha value is 2.47. The van der Waals surface area contributed by atoms with E-state index in [4.69, 9.17) is 9.05 Å². The maximum atomic E-state index is 11.5. The fourth-order valence-electron chi connectivity index (χ4n) is 0.679. The second kappa shape index (κ2) is 11.9. The second-order valence-corrected chi connectivity index (χ2v) is 7.05. The van der Waals surface area contributed by atoms with E-state index in [0.29, 0.717) is 13.2 Å². The van der Waals surface area contributed by atoms with Crippen LogP contribution in [0.2, 0.25) is 0 Å². The Bertz CT molecular complexity index is 155. The van der Waals surface area contributed by atoms with E-state index >= 15 is 0 Å². The first-order valence-electron chi connectivity index (χ1n) is 4.72. The molecule has 0 bridgehead atoms. The van der Waals surface area contributed by atoms with Crippen molar-refractivity contribution in [2.45, 2.75) is 39.5 Å². The van der Waals surface area contributed by atoms with Crippen LogP contribution in [-0.4, -0.2) is 28.3 Å². The van der Waals surface area contributed by atoms with Gasteiger partial charge in [0.25, 0.3) is 0 Å². The van der Waals surface area contributed by atoms with Crippen molar-refractivity contribution in [3.05, 3.63) is 0 Å². The topological polar surface area (TPSA) is 41.5 Å². The van der Waals surface area contributed by atoms with Crippen LogP contribution in [0, 0.1) is 0 Å². The third kappa shape index (κ3) is 12.5. The Labute approximate surface area is 137 Å². The summed E-state index contributed by atoms with van der Waals surface area (Å²) in [4.78, 5) is 11.5. The standard InChI is InChI=1S/C8H19O3PSe.K/c1-3-5-7-10-12(9,13)11-8-6-4-2;/h3-8H2,1-2H3,(H,9,13);/q;+1/p-1. The smallest absolute Gasteiger partial charge is 1.00 e. The van der Waals surface area contributed by atoms with Crippen LogP contribution < -0.4 is 56.3 Å². The van der Waals surface area contributed by atoms with Crippen LogP contribution in [0.3, 0.4) is 0 Å². The molecule has 3 nitrogen and oxygen atoms in total. The third-order valence-corrected chi connectivity index (χ3v) is 3.82. The average molecular weight is 311 g/mol. The van der Waals surface area contributed by atoms with Crippen molar-refractivity contribution in [3.8, 4) is 0 Å². The Morgan fingerprint density at radius 3 is 1.71 bits per heavy atom. The van der Waals surface area contributed by atoms with Gasteiger partial charge in [-0.1, -0.05) is 0 Å². The van der Waals surface area contributed by atoms with E-state index in [1.807, 2.05) is 0 Å². The van der Waals surface area contributed by atoms with Gasteiger partial charge in [-0.05, 0) is 0 Å². The van der Waals surface area contributed by atoms with Crippen LogP contribution in [0.5, 0.6) is 0 Å². The Morgan fingerprint density at radius 1 is 1.07 bits per heavy atom. The zero-order valence-electron chi connectivity index (χ0n) is 9.32. The molecular weight excluding hydrogens is 293 g/mol. The maximum absolute atomic E-state index is 11.5. The molecule has 6 heteroatoms. The Kier molecular flexibility index (Phi) is 16.0. The molecule has 0 radical (unpaired) electrons. The first kappa shape index (κ1) is 18.8. The zero-order valence-corrected chi connectivity index (χ0v) is 15.1. The molecule has 0 fully saturated rings. The SMILES string of the molecule is CCCCOP([O-])(=[Se])OCCCC.[K+]. The van der Waals surface area contributed by atoms with E-state index in [1.54, 1.807) is 0 Å². The number of hydrogen-bond donors (Lipinski definition) is 0. The zero-order chi connectivity index (χ0) is 10.2. The van der Waals surface area contributed by atoms with E-state index in [2.05, 4.69) is 28.9 Å². The van der Waals surface area contributed by atoms with Gasteiger partial charge in [0.05, 0.1) is 0 Å². The summed E-state index contributed by atoms with van der Waals surface area (Å²) < 4.78 is 10.2. The van der Waals surface area contributed by atoms with E-state index in [0.717, 1.165) is 25.7 Å². The molecule has 0 unspecified atom stereocenters. The summed E-state index contributed by atoms with van der Waals surface area (Å²) in [5.74, 6) is 0. The summed E-state index contributed by atoms with van der Waals surface area (Å²) in [6, 6.07) is 0. The molecule has 0 aliphatic heterocycles. The van der Waals surface area contributed by atoms with E-state index in [1.165, 1.54) is 0 Å². The van der Waals surface area contributed by atoms with Crippen molar-refractivity contribution in [2.24, 2.45) is 0 Å². The van der Waals surface area contributed by atoms with E-state index < -0.39 is 6.19 Å². The predicted molar refractivity (Wildman–Crippen MR) is 54.4 cm³/mol. The maximum Gasteiger partial charge on any atom is 1.00 e. The summed E-state index contributed by atoms with van der Waals surface area (Å²) in [6.07, 6.45) is 1.04. The molecule has 0 atom stereocenters. The molecule has 0 heterocycles. The first-order valence-corrected chi connectivity index (χ1v) is 8.48. The van der Waals surface area contributed by atoms with Crippen molar-refractivity contribution in [3.63, 3.8) is 0 Å². The largest absolute Gasteiger partial charge is 1.00 e. The molecule has 0 N–H and O–H groups in total. The summed E-state index contributed by atoms with van der Waals surface area (Å²) in [5.41, 5.74) is 0. The molecule has 0 rings (SSSR count). The van der Waals surface area contributed by atoms with Crippen LogP contribution in [-0.2, 0) is 9.05 Å². The summed E-state index contributed by atoms with van der Waals surface area (Å²) in [6.45, 7) is 5.14. The first-order chi connectivity index (χ1) is 6.12. The van der Waals surface area contributed by atoms with Crippen LogP contribution in [0.1, 0.15) is 39.5 Å². The minimum absolute atomic E-state index is 0. The second-order valence-electron chi connectivity index (χ2n) is 2.82. The fraction of sp³-hybridized carbons (Fsp3) is 1.00. The van der Waals surface area contributed by atoms with Crippen molar-refractivity contribution in [1.82, 2.24) is 0 Å². The van der Waals surface area contributed by atoms with Crippen molar-refractivity contribution in [2.75, 3.05) is 13.2 Å². The molecule has 0 aromatic rings. The van der Waals surface area contributed by atoms with Gasteiger partial charge in [0.2, 0.25) is 0 Å². The minimum atomic E-state index is -2.88. The van der Waals surface area contributed by atoms with Crippen LogP contribution in [0.25, 0.3) is 0 Å². The van der Waals surface area contributed by atoms with Gasteiger partial charge >= 0.3 is 139 Å². The summed E-state index contributed by atoms with van der Waals surface area (Å²) in [7, 11) is 0. The molecule has 0 spiro atoms. The minimum Gasteiger partial charge on any atom is 1.00 e. The molecule has 0 saturated heterocycles. The van der Waals surface area contributed by atoms with E-state index in [9.17, 15) is 4.89 Å². The van der Waals surface area contributed by atoms with Gasteiger partial charge in [-0.2, -0.15) is 0 Å². The van der Waals surface area contributed by atoms with Gasteiger partial charge in [0, 0.05) is 0 Å². The molecule has 0 aliphatic rings. The normalized spacial score (nSPS) is 11.1. The predicted octanol–water partition coefficient (Wildman–Crippen LogP) is -1.17. The van der Waals surface area contributed by atoms with Gasteiger partial charge in [-0.3, -0.25) is 0 Å². The van der Waals surface area contributed by atoms with E-state index in [-0.39, 0.29) is 51.4 Å². The molecule has 80 valence electrons. The van der Waals surface area contributed by atoms with Crippen LogP contribution >= 0.6 is 6.19 Å². The molecule has 0 aromatic carbocycles. The molecule has 14 heavy (non-hydrogen) atoms. The fourth-order valence-corrected chi connectivity index (χ4v) is 2.40. The van der Waals surface area contributed by atoms with Crippen LogP contribution in [0.4, 0.5) is 0 Å². The third-order valence-electron chi connectivity index (χ3n) is 1.49. The monoisotopic (exact) mass is 312 g/mol. The molecule has 0 saturated carbocycles. The number of unbranched alkanes of at least 4 members (excludes halogenated alkanes) is 2. The Balaban J connectivity index is 0. The molecular formula is C8H18KO3PSe. The molecule has 0 amide bonds. The van der Waals surface area contributed by atoms with Crippen LogP contribution in [0.15, 0.2) is 0 Å². The summed E-state index contributed by atoms with van der Waals surface area (Å²) >= 11 is 2.48. The Morgan fingerprint density at radius 2 is 1.43 bits per heavy atom. The number of rotatable bonds is 8. The van der Waals surface area contributed by atoms with Crippen molar-refractivity contribution >= 4 is 21.3 Å².